The fourth-order valence-corrected chi connectivity index (χ4v) is 1.58. The van der Waals surface area contributed by atoms with E-state index in [0.717, 1.165) is 11.3 Å². The minimum absolute atomic E-state index is 0.0545. The third kappa shape index (κ3) is 3.31. The number of aromatic nitrogens is 2. The molecule has 0 bridgehead atoms. The summed E-state index contributed by atoms with van der Waals surface area (Å²) >= 11 is 0. The molecule has 19 heavy (non-hydrogen) atoms. The zero-order valence-electron chi connectivity index (χ0n) is 10.8. The van der Waals surface area contributed by atoms with Crippen LogP contribution in [0, 0.1) is 0 Å². The molecule has 6 nitrogen and oxygen atoms in total. The fraction of sp³-hybridized carbons (Fsp3) is 0.308. The highest BCUT2D eigenvalue weighted by molar-refractivity contribution is 5.75. The van der Waals surface area contributed by atoms with Crippen molar-refractivity contribution in [3.8, 4) is 17.1 Å². The minimum atomic E-state index is -0.0545. The van der Waals surface area contributed by atoms with E-state index in [1.54, 1.807) is 14.2 Å². The summed E-state index contributed by atoms with van der Waals surface area (Å²) in [7, 11) is 3.20. The SMILES string of the molecule is CNC(=O)CCc1nc(-c2cccc(OC)c2)no1. The summed E-state index contributed by atoms with van der Waals surface area (Å²) < 4.78 is 10.2. The van der Waals surface area contributed by atoms with Gasteiger partial charge >= 0.3 is 0 Å². The molecule has 0 atom stereocenters. The molecule has 0 radical (unpaired) electrons. The van der Waals surface area contributed by atoms with Crippen LogP contribution in [0.15, 0.2) is 28.8 Å². The number of ether oxygens (including phenoxy) is 1. The van der Waals surface area contributed by atoms with Crippen molar-refractivity contribution in [2.75, 3.05) is 14.2 Å². The van der Waals surface area contributed by atoms with Gasteiger partial charge in [-0.15, -0.1) is 0 Å². The van der Waals surface area contributed by atoms with Crippen molar-refractivity contribution < 1.29 is 14.1 Å². The van der Waals surface area contributed by atoms with E-state index in [1.807, 2.05) is 24.3 Å². The van der Waals surface area contributed by atoms with Gasteiger partial charge in [0.15, 0.2) is 0 Å². The van der Waals surface area contributed by atoms with Gasteiger partial charge in [0.1, 0.15) is 5.75 Å². The van der Waals surface area contributed by atoms with Crippen molar-refractivity contribution in [2.24, 2.45) is 0 Å². The number of benzene rings is 1. The predicted molar refractivity (Wildman–Crippen MR) is 68.7 cm³/mol. The molecule has 6 heteroatoms. The zero-order chi connectivity index (χ0) is 13.7. The Bertz CT molecular complexity index is 566. The van der Waals surface area contributed by atoms with Gasteiger partial charge in [0.05, 0.1) is 7.11 Å². The van der Waals surface area contributed by atoms with E-state index < -0.39 is 0 Å². The van der Waals surface area contributed by atoms with Crippen LogP contribution in [-0.4, -0.2) is 30.2 Å². The summed E-state index contributed by atoms with van der Waals surface area (Å²) in [5, 5.41) is 6.44. The van der Waals surface area contributed by atoms with Crippen molar-refractivity contribution in [3.05, 3.63) is 30.2 Å². The molecular weight excluding hydrogens is 246 g/mol. The molecule has 2 aromatic rings. The minimum Gasteiger partial charge on any atom is -0.497 e. The Morgan fingerprint density at radius 2 is 2.32 bits per heavy atom. The van der Waals surface area contributed by atoms with E-state index >= 15 is 0 Å². The standard InChI is InChI=1S/C13H15N3O3/c1-14-11(17)6-7-12-15-13(16-19-12)9-4-3-5-10(8-9)18-2/h3-5,8H,6-7H2,1-2H3,(H,14,17). The molecular formula is C13H15N3O3. The molecule has 1 amide bonds. The average molecular weight is 261 g/mol. The topological polar surface area (TPSA) is 77.2 Å². The van der Waals surface area contributed by atoms with Crippen molar-refractivity contribution in [1.29, 1.82) is 0 Å². The summed E-state index contributed by atoms with van der Waals surface area (Å²) in [6.45, 7) is 0. The van der Waals surface area contributed by atoms with Gasteiger partial charge in [-0.25, -0.2) is 0 Å². The number of carbonyl (C=O) groups excluding carboxylic acids is 1. The van der Waals surface area contributed by atoms with E-state index in [0.29, 0.717) is 24.6 Å². The fourth-order valence-electron chi connectivity index (χ4n) is 1.58. The maximum atomic E-state index is 11.1. The van der Waals surface area contributed by atoms with Crippen molar-refractivity contribution in [1.82, 2.24) is 15.5 Å². The first-order valence-corrected chi connectivity index (χ1v) is 5.90. The summed E-state index contributed by atoms with van der Waals surface area (Å²) in [6, 6.07) is 7.40. The largest absolute Gasteiger partial charge is 0.497 e. The zero-order valence-corrected chi connectivity index (χ0v) is 10.8. The van der Waals surface area contributed by atoms with E-state index in [-0.39, 0.29) is 5.91 Å². The van der Waals surface area contributed by atoms with Gasteiger partial charge in [0, 0.05) is 25.5 Å². The van der Waals surface area contributed by atoms with Gasteiger partial charge in [-0.1, -0.05) is 17.3 Å². The van der Waals surface area contributed by atoms with Crippen LogP contribution in [0.4, 0.5) is 0 Å². The molecule has 1 N–H and O–H groups in total. The molecule has 0 unspecified atom stereocenters. The van der Waals surface area contributed by atoms with Crippen LogP contribution in [-0.2, 0) is 11.2 Å². The maximum absolute atomic E-state index is 11.1. The van der Waals surface area contributed by atoms with Crippen LogP contribution in [0.25, 0.3) is 11.4 Å². The number of nitrogens with one attached hydrogen (secondary N) is 1. The van der Waals surface area contributed by atoms with Crippen molar-refractivity contribution in [3.63, 3.8) is 0 Å². The molecule has 2 rings (SSSR count). The average Bonchev–Trinajstić information content (AvgIpc) is 2.93. The monoisotopic (exact) mass is 261 g/mol. The maximum Gasteiger partial charge on any atom is 0.227 e. The number of methoxy groups -OCH3 is 1. The molecule has 1 aromatic carbocycles. The number of aryl methyl sites for hydroxylation is 1. The van der Waals surface area contributed by atoms with Gasteiger partial charge < -0.3 is 14.6 Å². The summed E-state index contributed by atoms with van der Waals surface area (Å²) in [5.41, 5.74) is 0.814. The Balaban J connectivity index is 2.09. The summed E-state index contributed by atoms with van der Waals surface area (Å²) in [4.78, 5) is 15.4. The third-order valence-electron chi connectivity index (χ3n) is 2.64. The first-order chi connectivity index (χ1) is 9.22. The Morgan fingerprint density at radius 3 is 3.05 bits per heavy atom. The Hall–Kier alpha value is -2.37. The van der Waals surface area contributed by atoms with E-state index in [1.165, 1.54) is 0 Å². The Labute approximate surface area is 110 Å². The van der Waals surface area contributed by atoms with Crippen LogP contribution < -0.4 is 10.1 Å². The number of hydrogen-bond donors (Lipinski definition) is 1. The van der Waals surface area contributed by atoms with Crippen LogP contribution in [0.1, 0.15) is 12.3 Å². The number of nitrogens with zero attached hydrogens (tertiary/aromatic N) is 2. The lowest BCUT2D eigenvalue weighted by Gasteiger charge is -1.99. The molecule has 0 saturated carbocycles. The third-order valence-corrected chi connectivity index (χ3v) is 2.64. The lowest BCUT2D eigenvalue weighted by atomic mass is 10.2. The number of amides is 1. The van der Waals surface area contributed by atoms with Gasteiger partial charge in [0.25, 0.3) is 0 Å². The van der Waals surface area contributed by atoms with Gasteiger partial charge in [-0.3, -0.25) is 4.79 Å². The molecule has 0 aliphatic rings. The second kappa shape index (κ2) is 5.99. The molecule has 1 aromatic heterocycles. The highest BCUT2D eigenvalue weighted by Gasteiger charge is 2.10. The molecule has 1 heterocycles. The van der Waals surface area contributed by atoms with E-state index in [9.17, 15) is 4.79 Å². The van der Waals surface area contributed by atoms with Crippen LogP contribution >= 0.6 is 0 Å². The predicted octanol–water partition coefficient (Wildman–Crippen LogP) is 1.42. The van der Waals surface area contributed by atoms with Crippen LogP contribution in [0.2, 0.25) is 0 Å². The second-order valence-corrected chi connectivity index (χ2v) is 3.92. The lowest BCUT2D eigenvalue weighted by molar-refractivity contribution is -0.120. The molecule has 0 saturated heterocycles. The van der Waals surface area contributed by atoms with Crippen molar-refractivity contribution >= 4 is 5.91 Å². The smallest absolute Gasteiger partial charge is 0.227 e. The van der Waals surface area contributed by atoms with Gasteiger partial charge in [-0.05, 0) is 12.1 Å². The quantitative estimate of drug-likeness (QED) is 0.880. The molecule has 0 spiro atoms. The first kappa shape index (κ1) is 13.1. The summed E-state index contributed by atoms with van der Waals surface area (Å²) in [6.07, 6.45) is 0.757. The van der Waals surface area contributed by atoms with E-state index in [4.69, 9.17) is 9.26 Å². The normalized spacial score (nSPS) is 10.2. The molecule has 0 aliphatic carbocycles. The van der Waals surface area contributed by atoms with E-state index in [2.05, 4.69) is 15.5 Å². The molecule has 100 valence electrons. The van der Waals surface area contributed by atoms with Crippen molar-refractivity contribution in [2.45, 2.75) is 12.8 Å². The van der Waals surface area contributed by atoms with Crippen LogP contribution in [0.3, 0.4) is 0 Å². The molecule has 0 aliphatic heterocycles. The van der Waals surface area contributed by atoms with Gasteiger partial charge in [-0.2, -0.15) is 4.98 Å². The highest BCUT2D eigenvalue weighted by Crippen LogP contribution is 2.21. The highest BCUT2D eigenvalue weighted by atomic mass is 16.5. The summed E-state index contributed by atoms with van der Waals surface area (Å²) in [5.74, 6) is 1.61. The number of rotatable bonds is 5. The number of carbonyl (C=O) groups is 1. The Kier molecular flexibility index (Phi) is 4.12. The van der Waals surface area contributed by atoms with Crippen LogP contribution in [0.5, 0.6) is 5.75 Å². The number of hydrogen-bond acceptors (Lipinski definition) is 5. The molecule has 0 fully saturated rings. The first-order valence-electron chi connectivity index (χ1n) is 5.90. The van der Waals surface area contributed by atoms with Gasteiger partial charge in [0.2, 0.25) is 17.6 Å². The Morgan fingerprint density at radius 1 is 1.47 bits per heavy atom. The second-order valence-electron chi connectivity index (χ2n) is 3.92. The lowest BCUT2D eigenvalue weighted by Crippen LogP contribution is -2.17.